The van der Waals surface area contributed by atoms with E-state index in [9.17, 15) is 9.59 Å². The minimum Gasteiger partial charge on any atom is -0.466 e. The molecular weight excluding hydrogens is 480 g/mol. The molecule has 0 spiro atoms. The Morgan fingerprint density at radius 2 is 0.556 bits per heavy atom. The third-order valence-electron chi connectivity index (χ3n) is 4.12. The van der Waals surface area contributed by atoms with Crippen LogP contribution < -0.4 is 0 Å². The van der Waals surface area contributed by atoms with Gasteiger partial charge >= 0.3 is 11.9 Å². The summed E-state index contributed by atoms with van der Waals surface area (Å²) in [6.07, 6.45) is 0.510. The van der Waals surface area contributed by atoms with Crippen molar-refractivity contribution < 1.29 is 57.0 Å². The number of ether oxygens (including phenoxy) is 10. The van der Waals surface area contributed by atoms with E-state index in [1.165, 1.54) is 0 Å². The highest BCUT2D eigenvalue weighted by molar-refractivity contribution is 5.69. The Bertz CT molecular complexity index is 436. The van der Waals surface area contributed by atoms with Crippen LogP contribution in [0, 0.1) is 0 Å². The molecule has 0 atom stereocenters. The summed E-state index contributed by atoms with van der Waals surface area (Å²) in [4.78, 5) is 22.2. The minimum absolute atomic E-state index is 0.253. The molecule has 0 saturated carbocycles. The lowest BCUT2D eigenvalue weighted by atomic mass is 10.5. The van der Waals surface area contributed by atoms with Gasteiger partial charge < -0.3 is 47.4 Å². The second-order valence-electron chi connectivity index (χ2n) is 7.01. The third-order valence-corrected chi connectivity index (χ3v) is 4.12. The molecule has 0 aromatic carbocycles. The number of carbonyl (C=O) groups is 2. The molecule has 0 saturated heterocycles. The van der Waals surface area contributed by atoms with Crippen LogP contribution in [0.25, 0.3) is 0 Å². The van der Waals surface area contributed by atoms with Crippen molar-refractivity contribution in [2.75, 3.05) is 119 Å². The second-order valence-corrected chi connectivity index (χ2v) is 7.01. The zero-order chi connectivity index (χ0) is 26.4. The number of hydrogen-bond donors (Lipinski definition) is 0. The van der Waals surface area contributed by atoms with Crippen molar-refractivity contribution in [1.29, 1.82) is 0 Å². The van der Waals surface area contributed by atoms with Gasteiger partial charge in [0.2, 0.25) is 0 Å². The average molecular weight is 527 g/mol. The number of rotatable bonds is 29. The highest BCUT2D eigenvalue weighted by atomic mass is 16.6. The Labute approximate surface area is 215 Å². The normalized spacial score (nSPS) is 11.1. The van der Waals surface area contributed by atoms with Crippen molar-refractivity contribution in [2.45, 2.75) is 26.7 Å². The fraction of sp³-hybridized carbons (Fsp3) is 0.917. The molecule has 0 aromatic rings. The molecule has 12 heteroatoms. The van der Waals surface area contributed by atoms with Gasteiger partial charge in [-0.3, -0.25) is 9.59 Å². The predicted octanol–water partition coefficient (Wildman–Crippen LogP) is 1.03. The van der Waals surface area contributed by atoms with Crippen molar-refractivity contribution in [3.63, 3.8) is 0 Å². The van der Waals surface area contributed by atoms with Crippen LogP contribution >= 0.6 is 0 Å². The molecule has 0 aliphatic heterocycles. The molecule has 0 unspecified atom stereocenters. The Morgan fingerprint density at radius 1 is 0.361 bits per heavy atom. The molecule has 0 fully saturated rings. The van der Waals surface area contributed by atoms with Crippen LogP contribution in [0.15, 0.2) is 0 Å². The lowest BCUT2D eigenvalue weighted by Gasteiger charge is -2.08. The first kappa shape index (κ1) is 34.6. The Morgan fingerprint density at radius 3 is 0.750 bits per heavy atom. The van der Waals surface area contributed by atoms with Crippen LogP contribution in [0.2, 0.25) is 0 Å². The lowest BCUT2D eigenvalue weighted by molar-refractivity contribution is -0.145. The molecule has 0 rings (SSSR count). The minimum atomic E-state index is -0.253. The highest BCUT2D eigenvalue weighted by Crippen LogP contribution is 1.90. The maximum absolute atomic E-state index is 11.1. The molecule has 0 N–H and O–H groups in total. The van der Waals surface area contributed by atoms with Crippen LogP contribution in [0.3, 0.4) is 0 Å². The van der Waals surface area contributed by atoms with E-state index in [0.29, 0.717) is 119 Å². The summed E-state index contributed by atoms with van der Waals surface area (Å²) in [6.45, 7) is 11.6. The molecule has 0 aliphatic carbocycles. The van der Waals surface area contributed by atoms with E-state index in [-0.39, 0.29) is 24.8 Å². The molecule has 0 radical (unpaired) electrons. The van der Waals surface area contributed by atoms with Crippen LogP contribution in [0.5, 0.6) is 0 Å². The summed E-state index contributed by atoms with van der Waals surface area (Å²) < 4.78 is 52.6. The van der Waals surface area contributed by atoms with E-state index in [2.05, 4.69) is 0 Å². The van der Waals surface area contributed by atoms with E-state index in [1.54, 1.807) is 13.8 Å². The Kier molecular flexibility index (Phi) is 28.7. The zero-order valence-corrected chi connectivity index (χ0v) is 22.0. The van der Waals surface area contributed by atoms with Gasteiger partial charge in [0, 0.05) is 0 Å². The van der Waals surface area contributed by atoms with Gasteiger partial charge in [-0.05, 0) is 13.8 Å². The smallest absolute Gasteiger partial charge is 0.308 e. The predicted molar refractivity (Wildman–Crippen MR) is 129 cm³/mol. The maximum Gasteiger partial charge on any atom is 0.308 e. The number of esters is 2. The van der Waals surface area contributed by atoms with E-state index in [4.69, 9.17) is 47.4 Å². The summed E-state index contributed by atoms with van der Waals surface area (Å²) in [6, 6.07) is 0. The highest BCUT2D eigenvalue weighted by Gasteiger charge is 2.01. The van der Waals surface area contributed by atoms with Crippen molar-refractivity contribution in [2.24, 2.45) is 0 Å². The molecule has 214 valence electrons. The van der Waals surface area contributed by atoms with Gasteiger partial charge in [0.1, 0.15) is 0 Å². The topological polar surface area (TPSA) is 126 Å². The standard InChI is InChI=1S/C24H46O12/c1-3-35-23(25)5-7-27-9-11-29-13-15-31-17-19-33-21-22-34-20-18-32-16-14-30-12-10-28-8-6-24(26)36-4-2/h3-22H2,1-2H3. The fourth-order valence-electron chi connectivity index (χ4n) is 2.42. The van der Waals surface area contributed by atoms with Gasteiger partial charge in [-0.2, -0.15) is 0 Å². The monoisotopic (exact) mass is 526 g/mol. The molecule has 0 amide bonds. The van der Waals surface area contributed by atoms with Crippen LogP contribution in [0.4, 0.5) is 0 Å². The zero-order valence-electron chi connectivity index (χ0n) is 22.0. The summed E-state index contributed by atoms with van der Waals surface area (Å²) in [5.74, 6) is -0.506. The molecule has 36 heavy (non-hydrogen) atoms. The summed E-state index contributed by atoms with van der Waals surface area (Å²) in [5, 5.41) is 0. The van der Waals surface area contributed by atoms with Gasteiger partial charge in [0.15, 0.2) is 0 Å². The summed E-state index contributed by atoms with van der Waals surface area (Å²) in [7, 11) is 0. The van der Waals surface area contributed by atoms with E-state index >= 15 is 0 Å². The first-order valence-electron chi connectivity index (χ1n) is 12.6. The van der Waals surface area contributed by atoms with Crippen LogP contribution in [-0.4, -0.2) is 131 Å². The Balaban J connectivity index is 3.08. The second kappa shape index (κ2) is 29.8. The molecule has 0 aliphatic rings. The summed E-state index contributed by atoms with van der Waals surface area (Å²) >= 11 is 0. The number of hydrogen-bond acceptors (Lipinski definition) is 12. The van der Waals surface area contributed by atoms with E-state index in [1.807, 2.05) is 0 Å². The van der Waals surface area contributed by atoms with Crippen molar-refractivity contribution in [3.05, 3.63) is 0 Å². The van der Waals surface area contributed by atoms with Gasteiger partial charge in [-0.25, -0.2) is 0 Å². The van der Waals surface area contributed by atoms with Crippen molar-refractivity contribution >= 4 is 11.9 Å². The molecule has 0 bridgehead atoms. The van der Waals surface area contributed by atoms with Crippen molar-refractivity contribution in [3.8, 4) is 0 Å². The Hall–Kier alpha value is -1.38. The van der Waals surface area contributed by atoms with Gasteiger partial charge in [-0.1, -0.05) is 0 Å². The van der Waals surface area contributed by atoms with Gasteiger partial charge in [-0.15, -0.1) is 0 Å². The first-order valence-corrected chi connectivity index (χ1v) is 12.6. The molecule has 0 aromatic heterocycles. The fourth-order valence-corrected chi connectivity index (χ4v) is 2.42. The quantitative estimate of drug-likeness (QED) is 0.102. The maximum atomic E-state index is 11.1. The van der Waals surface area contributed by atoms with Gasteiger partial charge in [0.05, 0.1) is 132 Å². The number of carbonyl (C=O) groups excluding carboxylic acids is 2. The molecular formula is C24H46O12. The van der Waals surface area contributed by atoms with Crippen LogP contribution in [0.1, 0.15) is 26.7 Å². The van der Waals surface area contributed by atoms with Gasteiger partial charge in [0.25, 0.3) is 0 Å². The third kappa shape index (κ3) is 28.9. The van der Waals surface area contributed by atoms with Crippen molar-refractivity contribution in [1.82, 2.24) is 0 Å². The average Bonchev–Trinajstić information content (AvgIpc) is 2.86. The SMILES string of the molecule is CCOC(=O)CCOCCOCCOCCOCCOCCOCCOCCOCCC(=O)OCC. The van der Waals surface area contributed by atoms with E-state index in [0.717, 1.165) is 0 Å². The molecule has 0 heterocycles. The lowest BCUT2D eigenvalue weighted by Crippen LogP contribution is -2.15. The summed E-state index contributed by atoms with van der Waals surface area (Å²) in [5.41, 5.74) is 0. The van der Waals surface area contributed by atoms with Crippen LogP contribution in [-0.2, 0) is 57.0 Å². The van der Waals surface area contributed by atoms with E-state index < -0.39 is 0 Å². The first-order chi connectivity index (χ1) is 17.7. The largest absolute Gasteiger partial charge is 0.466 e. The molecule has 12 nitrogen and oxygen atoms in total.